The van der Waals surface area contributed by atoms with Crippen molar-refractivity contribution in [1.82, 2.24) is 0 Å². The number of nitrogens with zero attached hydrogens (tertiary/aromatic N) is 1. The number of aryl methyl sites for hydroxylation is 1. The first-order valence-electron chi connectivity index (χ1n) is 18.3. The zero-order valence-corrected chi connectivity index (χ0v) is 29.5. The van der Waals surface area contributed by atoms with E-state index in [0.29, 0.717) is 0 Å². The fourth-order valence-corrected chi connectivity index (χ4v) is 8.88. The van der Waals surface area contributed by atoms with E-state index < -0.39 is 0 Å². The summed E-state index contributed by atoms with van der Waals surface area (Å²) in [5, 5.41) is 5.08. The summed E-state index contributed by atoms with van der Waals surface area (Å²) in [5.74, 6) is 0. The number of fused-ring (bicyclic) bond motifs is 5. The Kier molecular flexibility index (Phi) is 7.59. The molecule has 9 rings (SSSR count). The van der Waals surface area contributed by atoms with Crippen LogP contribution in [0.2, 0.25) is 0 Å². The fraction of sp³-hybridized carbons (Fsp3) is 0.120. The molecule has 8 aromatic carbocycles. The van der Waals surface area contributed by atoms with Crippen LogP contribution in [0, 0.1) is 6.92 Å². The SMILES string of the molecule is CCC1(CC)c2ccccc2-c2c1cc1ccccc1c2N(c1ccc(-c2ccccc2-c2cccc3ccccc23)cc1)c1cccc(C)c1. The van der Waals surface area contributed by atoms with Crippen molar-refractivity contribution < 1.29 is 0 Å². The Balaban J connectivity index is 1.28. The van der Waals surface area contributed by atoms with Crippen LogP contribution in [0.15, 0.2) is 170 Å². The Morgan fingerprint density at radius 1 is 0.451 bits per heavy atom. The van der Waals surface area contributed by atoms with Gasteiger partial charge in [-0.05, 0) is 111 Å². The maximum atomic E-state index is 2.52. The van der Waals surface area contributed by atoms with E-state index >= 15 is 0 Å². The Morgan fingerprint density at radius 3 is 1.82 bits per heavy atom. The standard InChI is InChI=1S/C50H41N/c1-4-50(5-2)46-27-13-12-25-45(46)48-47(50)33-37-18-7-9-23-42(37)49(48)51(39-20-14-16-34(3)32-39)38-30-28-36(29-31-38)41-22-10-11-24-43(41)44-26-15-19-35-17-6-8-21-40(35)44/h6-33H,4-5H2,1-3H3. The van der Waals surface area contributed by atoms with Crippen molar-refractivity contribution in [2.75, 3.05) is 4.90 Å². The van der Waals surface area contributed by atoms with Crippen LogP contribution >= 0.6 is 0 Å². The molecule has 0 aliphatic heterocycles. The fourth-order valence-electron chi connectivity index (χ4n) is 8.88. The third-order valence-electron chi connectivity index (χ3n) is 11.4. The van der Waals surface area contributed by atoms with Crippen LogP contribution in [-0.2, 0) is 5.41 Å². The van der Waals surface area contributed by atoms with Gasteiger partial charge in [0.1, 0.15) is 0 Å². The summed E-state index contributed by atoms with van der Waals surface area (Å²) in [6.45, 7) is 6.91. The van der Waals surface area contributed by atoms with Crippen molar-refractivity contribution in [2.45, 2.75) is 39.0 Å². The second kappa shape index (κ2) is 12.4. The molecule has 8 aromatic rings. The first-order valence-corrected chi connectivity index (χ1v) is 18.3. The molecule has 1 aliphatic carbocycles. The van der Waals surface area contributed by atoms with Gasteiger partial charge in [-0.3, -0.25) is 0 Å². The number of hydrogen-bond acceptors (Lipinski definition) is 1. The van der Waals surface area contributed by atoms with Crippen molar-refractivity contribution in [3.8, 4) is 33.4 Å². The van der Waals surface area contributed by atoms with Crippen LogP contribution in [-0.4, -0.2) is 0 Å². The third kappa shape index (κ3) is 4.91. The predicted molar refractivity (Wildman–Crippen MR) is 219 cm³/mol. The Hall–Kier alpha value is -5.92. The normalized spacial score (nSPS) is 12.9. The molecule has 0 unspecified atom stereocenters. The van der Waals surface area contributed by atoms with E-state index in [2.05, 4.69) is 196 Å². The molecule has 0 heterocycles. The van der Waals surface area contributed by atoms with Crippen molar-refractivity contribution in [1.29, 1.82) is 0 Å². The smallest absolute Gasteiger partial charge is 0.0621 e. The van der Waals surface area contributed by atoms with E-state index in [0.717, 1.165) is 18.5 Å². The molecular formula is C50H41N. The van der Waals surface area contributed by atoms with E-state index in [1.54, 1.807) is 0 Å². The molecule has 0 amide bonds. The van der Waals surface area contributed by atoms with Crippen LogP contribution in [0.3, 0.4) is 0 Å². The van der Waals surface area contributed by atoms with Gasteiger partial charge in [0.25, 0.3) is 0 Å². The summed E-state index contributed by atoms with van der Waals surface area (Å²) in [4.78, 5) is 2.52. The molecule has 0 saturated carbocycles. The van der Waals surface area contributed by atoms with Gasteiger partial charge in [-0.15, -0.1) is 0 Å². The van der Waals surface area contributed by atoms with Gasteiger partial charge in [0.2, 0.25) is 0 Å². The molecule has 246 valence electrons. The maximum absolute atomic E-state index is 2.52. The maximum Gasteiger partial charge on any atom is 0.0621 e. The molecule has 0 saturated heterocycles. The summed E-state index contributed by atoms with van der Waals surface area (Å²) in [7, 11) is 0. The second-order valence-electron chi connectivity index (χ2n) is 14.0. The highest BCUT2D eigenvalue weighted by Gasteiger charge is 2.43. The summed E-state index contributed by atoms with van der Waals surface area (Å²) in [6.07, 6.45) is 2.11. The molecule has 0 radical (unpaired) electrons. The number of hydrogen-bond donors (Lipinski definition) is 0. The number of anilines is 3. The molecule has 0 N–H and O–H groups in total. The van der Waals surface area contributed by atoms with Crippen molar-refractivity contribution in [3.05, 3.63) is 187 Å². The average Bonchev–Trinajstić information content (AvgIpc) is 3.47. The Morgan fingerprint density at radius 2 is 1.06 bits per heavy atom. The average molecular weight is 656 g/mol. The quantitative estimate of drug-likeness (QED) is 0.165. The Labute approximate surface area is 301 Å². The minimum Gasteiger partial charge on any atom is -0.309 e. The highest BCUT2D eigenvalue weighted by molar-refractivity contribution is 6.10. The minimum atomic E-state index is -0.0296. The molecule has 0 atom stereocenters. The van der Waals surface area contributed by atoms with Gasteiger partial charge >= 0.3 is 0 Å². The van der Waals surface area contributed by atoms with Crippen LogP contribution in [0.1, 0.15) is 43.4 Å². The van der Waals surface area contributed by atoms with Gasteiger partial charge in [0, 0.05) is 27.7 Å². The zero-order valence-electron chi connectivity index (χ0n) is 29.5. The van der Waals surface area contributed by atoms with E-state index in [1.165, 1.54) is 83.0 Å². The van der Waals surface area contributed by atoms with E-state index in [1.807, 2.05) is 0 Å². The van der Waals surface area contributed by atoms with Crippen LogP contribution in [0.5, 0.6) is 0 Å². The summed E-state index contributed by atoms with van der Waals surface area (Å²) >= 11 is 0. The van der Waals surface area contributed by atoms with Gasteiger partial charge in [-0.2, -0.15) is 0 Å². The molecule has 0 bridgehead atoms. The highest BCUT2D eigenvalue weighted by Crippen LogP contribution is 2.59. The van der Waals surface area contributed by atoms with Gasteiger partial charge < -0.3 is 4.90 Å². The first kappa shape index (κ1) is 31.1. The minimum absolute atomic E-state index is 0.0296. The van der Waals surface area contributed by atoms with Crippen LogP contribution in [0.25, 0.3) is 54.9 Å². The molecule has 0 spiro atoms. The topological polar surface area (TPSA) is 3.24 Å². The molecule has 1 nitrogen and oxygen atoms in total. The molecule has 51 heavy (non-hydrogen) atoms. The van der Waals surface area contributed by atoms with E-state index in [9.17, 15) is 0 Å². The van der Waals surface area contributed by atoms with Gasteiger partial charge in [0.05, 0.1) is 5.69 Å². The number of rotatable bonds is 7. The Bertz CT molecular complexity index is 2560. The second-order valence-corrected chi connectivity index (χ2v) is 14.0. The molecular weight excluding hydrogens is 615 g/mol. The van der Waals surface area contributed by atoms with Crippen LogP contribution in [0.4, 0.5) is 17.1 Å². The summed E-state index contributed by atoms with van der Waals surface area (Å²) in [6, 6.07) is 63.0. The lowest BCUT2D eigenvalue weighted by atomic mass is 9.73. The summed E-state index contributed by atoms with van der Waals surface area (Å²) < 4.78 is 0. The first-order chi connectivity index (χ1) is 25.1. The predicted octanol–water partition coefficient (Wildman–Crippen LogP) is 14.2. The summed E-state index contributed by atoms with van der Waals surface area (Å²) in [5.41, 5.74) is 15.3. The lowest BCUT2D eigenvalue weighted by molar-refractivity contribution is 0.491. The monoisotopic (exact) mass is 655 g/mol. The van der Waals surface area contributed by atoms with Crippen molar-refractivity contribution in [2.24, 2.45) is 0 Å². The molecule has 0 fully saturated rings. The largest absolute Gasteiger partial charge is 0.309 e. The van der Waals surface area contributed by atoms with Crippen molar-refractivity contribution in [3.63, 3.8) is 0 Å². The zero-order chi connectivity index (χ0) is 34.5. The van der Waals surface area contributed by atoms with Gasteiger partial charge in [-0.25, -0.2) is 0 Å². The van der Waals surface area contributed by atoms with Crippen LogP contribution < -0.4 is 4.90 Å². The van der Waals surface area contributed by atoms with Gasteiger partial charge in [0.15, 0.2) is 0 Å². The highest BCUT2D eigenvalue weighted by atomic mass is 15.1. The van der Waals surface area contributed by atoms with E-state index in [-0.39, 0.29) is 5.41 Å². The third-order valence-corrected chi connectivity index (χ3v) is 11.4. The molecule has 0 aromatic heterocycles. The van der Waals surface area contributed by atoms with E-state index in [4.69, 9.17) is 0 Å². The lowest BCUT2D eigenvalue weighted by Crippen LogP contribution is -2.23. The molecule has 1 aliphatic rings. The molecule has 1 heteroatoms. The number of benzene rings is 8. The lowest BCUT2D eigenvalue weighted by Gasteiger charge is -2.32. The van der Waals surface area contributed by atoms with Crippen molar-refractivity contribution >= 4 is 38.6 Å². The van der Waals surface area contributed by atoms with Gasteiger partial charge in [-0.1, -0.05) is 153 Å².